The minimum Gasteiger partial charge on any atom is -0.343 e. The van der Waals surface area contributed by atoms with Crippen LogP contribution >= 0.6 is 0 Å². The molecule has 3 atom stereocenters. The van der Waals surface area contributed by atoms with Crippen LogP contribution in [0, 0.1) is 0 Å². The van der Waals surface area contributed by atoms with Crippen molar-refractivity contribution in [3.63, 3.8) is 0 Å². The molecule has 1 saturated heterocycles. The lowest BCUT2D eigenvalue weighted by Crippen LogP contribution is -2.51. The number of amides is 2. The van der Waals surface area contributed by atoms with Crippen molar-refractivity contribution < 1.29 is 22.8 Å². The number of hydrogen-bond acceptors (Lipinski definition) is 6. The van der Waals surface area contributed by atoms with E-state index in [2.05, 4.69) is 20.5 Å². The molecule has 1 aliphatic heterocycles. The van der Waals surface area contributed by atoms with Crippen LogP contribution in [0.3, 0.4) is 0 Å². The van der Waals surface area contributed by atoms with Crippen LogP contribution in [0.2, 0.25) is 0 Å². The summed E-state index contributed by atoms with van der Waals surface area (Å²) in [5.41, 5.74) is 12.9. The molecule has 1 fully saturated rings. The summed E-state index contributed by atoms with van der Waals surface area (Å²) in [5, 5.41) is 6.28. The predicted molar refractivity (Wildman–Crippen MR) is 144 cm³/mol. The molecule has 208 valence electrons. The van der Waals surface area contributed by atoms with E-state index in [4.69, 9.17) is 11.5 Å². The zero-order valence-electron chi connectivity index (χ0n) is 21.5. The Balaban J connectivity index is 1.43. The average Bonchev–Trinajstić information content (AvgIpc) is 3.32. The lowest BCUT2D eigenvalue weighted by atomic mass is 10.0. The fourth-order valence-corrected chi connectivity index (χ4v) is 4.65. The summed E-state index contributed by atoms with van der Waals surface area (Å²) in [7, 11) is 0. The number of nitrogens with zero attached hydrogens (tertiary/aromatic N) is 2. The molecule has 8 nitrogen and oxygen atoms in total. The normalized spacial score (nSPS) is 17.6. The maximum Gasteiger partial charge on any atom is 0.416 e. The number of hydrogen-bond donors (Lipinski definition) is 4. The Morgan fingerprint density at radius 2 is 1.85 bits per heavy atom. The Morgan fingerprint density at radius 3 is 2.54 bits per heavy atom. The number of halogens is 3. The molecule has 39 heavy (non-hydrogen) atoms. The molecule has 0 bridgehead atoms. The highest BCUT2D eigenvalue weighted by Crippen LogP contribution is 2.29. The highest BCUT2D eigenvalue weighted by molar-refractivity contribution is 5.99. The maximum atomic E-state index is 13.3. The number of likely N-dealkylation sites (tertiary alicyclic amines) is 1. The molecule has 4 rings (SSSR count). The van der Waals surface area contributed by atoms with E-state index < -0.39 is 35.6 Å². The van der Waals surface area contributed by atoms with Crippen LogP contribution in [0.5, 0.6) is 0 Å². The molecular formula is C28H33F3N6O2. The Kier molecular flexibility index (Phi) is 9.16. The van der Waals surface area contributed by atoms with Gasteiger partial charge in [0, 0.05) is 24.4 Å². The SMILES string of the molecule is NC1CCN(CCC[C@@H](N)C(=O)N[C@H](Cc2ccc(C(F)(F)F)cc2)C(=O)Nc2cnc3ccccc3c2)C1. The number of pyridine rings is 1. The summed E-state index contributed by atoms with van der Waals surface area (Å²) in [6, 6.07) is 11.9. The third kappa shape index (κ3) is 7.98. The second kappa shape index (κ2) is 12.5. The van der Waals surface area contributed by atoms with Gasteiger partial charge in [-0.25, -0.2) is 0 Å². The van der Waals surface area contributed by atoms with Gasteiger partial charge in [-0.1, -0.05) is 30.3 Å². The van der Waals surface area contributed by atoms with Crippen LogP contribution in [0.15, 0.2) is 60.8 Å². The zero-order chi connectivity index (χ0) is 28.0. The third-order valence-electron chi connectivity index (χ3n) is 6.85. The van der Waals surface area contributed by atoms with Crippen LogP contribution in [-0.4, -0.2) is 59.5 Å². The molecule has 2 amide bonds. The molecule has 11 heteroatoms. The van der Waals surface area contributed by atoms with E-state index in [1.54, 1.807) is 6.07 Å². The molecule has 1 aliphatic rings. The Morgan fingerprint density at radius 1 is 1.10 bits per heavy atom. The summed E-state index contributed by atoms with van der Waals surface area (Å²) < 4.78 is 39.0. The van der Waals surface area contributed by atoms with Gasteiger partial charge in [0.1, 0.15) is 6.04 Å². The molecule has 0 aliphatic carbocycles. The molecule has 0 saturated carbocycles. The van der Waals surface area contributed by atoms with Crippen molar-refractivity contribution in [2.24, 2.45) is 11.5 Å². The molecule has 2 aromatic carbocycles. The summed E-state index contributed by atoms with van der Waals surface area (Å²) >= 11 is 0. The van der Waals surface area contributed by atoms with Gasteiger partial charge in [-0.15, -0.1) is 0 Å². The van der Waals surface area contributed by atoms with Crippen LogP contribution in [0.4, 0.5) is 18.9 Å². The van der Waals surface area contributed by atoms with Crippen molar-refractivity contribution in [1.82, 2.24) is 15.2 Å². The highest BCUT2D eigenvalue weighted by atomic mass is 19.4. The van der Waals surface area contributed by atoms with Gasteiger partial charge in [0.25, 0.3) is 0 Å². The number of alkyl halides is 3. The van der Waals surface area contributed by atoms with Gasteiger partial charge in [0.2, 0.25) is 11.8 Å². The smallest absolute Gasteiger partial charge is 0.343 e. The van der Waals surface area contributed by atoms with Gasteiger partial charge < -0.3 is 27.0 Å². The highest BCUT2D eigenvalue weighted by Gasteiger charge is 2.30. The summed E-state index contributed by atoms with van der Waals surface area (Å²) in [6.07, 6.45) is -0.928. The van der Waals surface area contributed by atoms with Crippen molar-refractivity contribution in [3.05, 3.63) is 71.9 Å². The second-order valence-electron chi connectivity index (χ2n) is 9.96. The summed E-state index contributed by atoms with van der Waals surface area (Å²) in [6.45, 7) is 2.52. The summed E-state index contributed by atoms with van der Waals surface area (Å²) in [4.78, 5) is 32.8. The van der Waals surface area contributed by atoms with Crippen LogP contribution < -0.4 is 22.1 Å². The second-order valence-corrected chi connectivity index (χ2v) is 9.96. The van der Waals surface area contributed by atoms with Crippen LogP contribution in [-0.2, 0) is 22.2 Å². The molecule has 3 aromatic rings. The van der Waals surface area contributed by atoms with Crippen molar-refractivity contribution in [2.45, 2.75) is 50.0 Å². The van der Waals surface area contributed by atoms with E-state index in [-0.39, 0.29) is 12.5 Å². The topological polar surface area (TPSA) is 126 Å². The van der Waals surface area contributed by atoms with Crippen molar-refractivity contribution in [1.29, 1.82) is 0 Å². The number of aromatic nitrogens is 1. The number of rotatable bonds is 10. The maximum absolute atomic E-state index is 13.3. The molecule has 6 N–H and O–H groups in total. The van der Waals surface area contributed by atoms with E-state index >= 15 is 0 Å². The molecule has 0 radical (unpaired) electrons. The first kappa shape index (κ1) is 28.5. The minimum absolute atomic E-state index is 0.0187. The van der Waals surface area contributed by atoms with Gasteiger partial charge in [-0.2, -0.15) is 13.2 Å². The van der Waals surface area contributed by atoms with E-state index in [0.717, 1.165) is 49.1 Å². The fraction of sp³-hybridized carbons (Fsp3) is 0.393. The Labute approximate surface area is 224 Å². The third-order valence-corrected chi connectivity index (χ3v) is 6.85. The first-order valence-corrected chi connectivity index (χ1v) is 12.9. The molecule has 1 aromatic heterocycles. The number of carbonyl (C=O) groups excluding carboxylic acids is 2. The van der Waals surface area contributed by atoms with E-state index in [1.165, 1.54) is 18.3 Å². The van der Waals surface area contributed by atoms with Crippen LogP contribution in [0.1, 0.15) is 30.4 Å². The Bertz CT molecular complexity index is 1280. The zero-order valence-corrected chi connectivity index (χ0v) is 21.5. The van der Waals surface area contributed by atoms with Gasteiger partial charge in [-0.3, -0.25) is 14.6 Å². The monoisotopic (exact) mass is 542 g/mol. The number of benzene rings is 2. The molecule has 2 heterocycles. The first-order chi connectivity index (χ1) is 18.6. The largest absolute Gasteiger partial charge is 0.416 e. The number of carbonyl (C=O) groups is 2. The minimum atomic E-state index is -4.47. The number of nitrogens with one attached hydrogen (secondary N) is 2. The molecular weight excluding hydrogens is 509 g/mol. The molecule has 1 unspecified atom stereocenters. The molecule has 0 spiro atoms. The Hall–Kier alpha value is -3.54. The lowest BCUT2D eigenvalue weighted by molar-refractivity contribution is -0.137. The van der Waals surface area contributed by atoms with Gasteiger partial charge in [0.15, 0.2) is 0 Å². The van der Waals surface area contributed by atoms with Gasteiger partial charge in [0.05, 0.1) is 29.0 Å². The number of anilines is 1. The van der Waals surface area contributed by atoms with Crippen LogP contribution in [0.25, 0.3) is 10.9 Å². The number of fused-ring (bicyclic) bond motifs is 1. The van der Waals surface area contributed by atoms with Crippen molar-refractivity contribution >= 4 is 28.4 Å². The first-order valence-electron chi connectivity index (χ1n) is 12.9. The summed E-state index contributed by atoms with van der Waals surface area (Å²) in [5.74, 6) is -1.03. The average molecular weight is 543 g/mol. The predicted octanol–water partition coefficient (Wildman–Crippen LogP) is 3.06. The number of para-hydroxylation sites is 1. The van der Waals surface area contributed by atoms with Crippen molar-refractivity contribution in [2.75, 3.05) is 25.0 Å². The van der Waals surface area contributed by atoms with E-state index in [9.17, 15) is 22.8 Å². The standard InChI is InChI=1S/C28H33F3N6O2/c29-28(30,31)20-9-7-18(8-10-20)14-25(27(39)35-22-15-19-4-1-2-6-24(19)34-16-22)36-26(38)23(33)5-3-12-37-13-11-21(32)17-37/h1-2,4,6-10,15-16,21,23,25H,3,5,11-14,17,32-33H2,(H,35,39)(H,36,38)/t21?,23-,25-/m1/s1. The quantitative estimate of drug-likeness (QED) is 0.312. The van der Waals surface area contributed by atoms with E-state index in [1.807, 2.05) is 24.3 Å². The van der Waals surface area contributed by atoms with Gasteiger partial charge >= 0.3 is 6.18 Å². The lowest BCUT2D eigenvalue weighted by Gasteiger charge is -2.22. The van der Waals surface area contributed by atoms with E-state index in [0.29, 0.717) is 24.1 Å². The number of nitrogens with two attached hydrogens (primary N) is 2. The fourth-order valence-electron chi connectivity index (χ4n) is 4.65. The van der Waals surface area contributed by atoms with Crippen molar-refractivity contribution in [3.8, 4) is 0 Å². The van der Waals surface area contributed by atoms with Gasteiger partial charge in [-0.05, 0) is 62.2 Å².